The molecule has 31 heavy (non-hydrogen) atoms. The maximum atomic E-state index is 12.4. The number of anilines is 1. The van der Waals surface area contributed by atoms with Gasteiger partial charge in [-0.15, -0.1) is 35.3 Å². The molecule has 2 fully saturated rings. The van der Waals surface area contributed by atoms with Crippen molar-refractivity contribution in [1.82, 2.24) is 20.1 Å². The van der Waals surface area contributed by atoms with E-state index < -0.39 is 0 Å². The molecule has 0 aromatic carbocycles. The van der Waals surface area contributed by atoms with Gasteiger partial charge in [-0.2, -0.15) is 0 Å². The van der Waals surface area contributed by atoms with E-state index >= 15 is 0 Å². The van der Waals surface area contributed by atoms with Gasteiger partial charge in [0.1, 0.15) is 0 Å². The predicted molar refractivity (Wildman–Crippen MR) is 135 cm³/mol. The first-order valence-corrected chi connectivity index (χ1v) is 11.7. The van der Waals surface area contributed by atoms with Gasteiger partial charge < -0.3 is 24.4 Å². The quantitative estimate of drug-likeness (QED) is 0.334. The Morgan fingerprint density at radius 1 is 1.19 bits per heavy atom. The third kappa shape index (κ3) is 6.12. The second-order valence-corrected chi connectivity index (χ2v) is 8.39. The highest BCUT2D eigenvalue weighted by molar-refractivity contribution is 14.0. The highest BCUT2D eigenvalue weighted by Crippen LogP contribution is 2.24. The molecule has 4 heterocycles. The van der Waals surface area contributed by atoms with Crippen LogP contribution >= 0.6 is 35.3 Å². The van der Waals surface area contributed by atoms with Crippen LogP contribution in [0.25, 0.3) is 0 Å². The lowest BCUT2D eigenvalue weighted by Gasteiger charge is -2.36. The number of carbonyl (C=O) groups excluding carboxylic acids is 1. The molecule has 2 aliphatic rings. The van der Waals surface area contributed by atoms with Crippen LogP contribution in [-0.2, 0) is 6.42 Å². The summed E-state index contributed by atoms with van der Waals surface area (Å²) < 4.78 is 5.24. The number of piperazine rings is 1. The first-order valence-electron chi connectivity index (χ1n) is 10.8. The minimum Gasteiger partial charge on any atom is -0.459 e. The topological polar surface area (TPSA) is 77.2 Å². The van der Waals surface area contributed by atoms with Crippen molar-refractivity contribution in [3.63, 3.8) is 0 Å². The van der Waals surface area contributed by atoms with Crippen molar-refractivity contribution in [3.05, 3.63) is 35.2 Å². The Hall–Kier alpha value is -1.82. The Morgan fingerprint density at radius 3 is 2.61 bits per heavy atom. The van der Waals surface area contributed by atoms with Crippen molar-refractivity contribution in [3.8, 4) is 0 Å². The summed E-state index contributed by atoms with van der Waals surface area (Å²) >= 11 is 1.74. The van der Waals surface area contributed by atoms with Crippen LogP contribution in [0.2, 0.25) is 0 Å². The van der Waals surface area contributed by atoms with Crippen LogP contribution < -0.4 is 10.2 Å². The third-order valence-corrected chi connectivity index (χ3v) is 6.43. The SMILES string of the molecule is CCNC(=NCCc1csc(N2CCCC2)n1)N1CCN(C(=O)c2ccco2)CC1.I. The highest BCUT2D eigenvalue weighted by atomic mass is 127. The number of hydrogen-bond donors (Lipinski definition) is 1. The molecule has 2 aromatic rings. The Kier molecular flexibility index (Phi) is 9.00. The van der Waals surface area contributed by atoms with Crippen LogP contribution in [-0.4, -0.2) is 79.0 Å². The minimum absolute atomic E-state index is 0. The summed E-state index contributed by atoms with van der Waals surface area (Å²) in [4.78, 5) is 28.5. The highest BCUT2D eigenvalue weighted by Gasteiger charge is 2.25. The molecule has 1 amide bonds. The van der Waals surface area contributed by atoms with Crippen LogP contribution in [0, 0.1) is 0 Å². The smallest absolute Gasteiger partial charge is 0.289 e. The number of guanidine groups is 1. The number of aromatic nitrogens is 1. The van der Waals surface area contributed by atoms with Gasteiger partial charge in [0.05, 0.1) is 12.0 Å². The van der Waals surface area contributed by atoms with Crippen molar-refractivity contribution < 1.29 is 9.21 Å². The van der Waals surface area contributed by atoms with Crippen LogP contribution in [0.5, 0.6) is 0 Å². The van der Waals surface area contributed by atoms with E-state index in [1.165, 1.54) is 19.1 Å². The Labute approximate surface area is 204 Å². The number of hydrogen-bond acceptors (Lipinski definition) is 6. The summed E-state index contributed by atoms with van der Waals surface area (Å²) in [5, 5.41) is 6.70. The average Bonchev–Trinajstić information content (AvgIpc) is 3.55. The van der Waals surface area contributed by atoms with Crippen LogP contribution in [0.3, 0.4) is 0 Å². The van der Waals surface area contributed by atoms with Gasteiger partial charge in [-0.25, -0.2) is 4.98 Å². The second-order valence-electron chi connectivity index (χ2n) is 7.56. The second kappa shape index (κ2) is 11.7. The molecule has 1 N–H and O–H groups in total. The van der Waals surface area contributed by atoms with Gasteiger partial charge in [0.15, 0.2) is 16.9 Å². The molecule has 0 bridgehead atoms. The number of nitrogens with zero attached hydrogens (tertiary/aromatic N) is 5. The van der Waals surface area contributed by atoms with E-state index in [1.54, 1.807) is 23.5 Å². The minimum atomic E-state index is -0.0427. The van der Waals surface area contributed by atoms with E-state index in [0.717, 1.165) is 55.9 Å². The number of furan rings is 1. The first kappa shape index (κ1) is 23.8. The number of rotatable bonds is 6. The van der Waals surface area contributed by atoms with Crippen molar-refractivity contribution in [1.29, 1.82) is 0 Å². The standard InChI is InChI=1S/C21H30N6O2S.HI/c1-2-22-20(23-8-7-17-16-30-21(24-17)27-9-3-4-10-27)26-13-11-25(12-14-26)19(28)18-6-5-15-29-18;/h5-6,15-16H,2-4,7-14H2,1H3,(H,22,23);1H. The monoisotopic (exact) mass is 558 g/mol. The Bertz CT molecular complexity index is 842. The number of nitrogens with one attached hydrogen (secondary N) is 1. The maximum Gasteiger partial charge on any atom is 0.289 e. The molecule has 170 valence electrons. The lowest BCUT2D eigenvalue weighted by atomic mass is 10.3. The molecule has 0 saturated carbocycles. The molecule has 8 nitrogen and oxygen atoms in total. The number of aliphatic imine (C=N–C) groups is 1. The molecule has 2 aliphatic heterocycles. The largest absolute Gasteiger partial charge is 0.459 e. The van der Waals surface area contributed by atoms with E-state index in [4.69, 9.17) is 14.4 Å². The van der Waals surface area contributed by atoms with Crippen LogP contribution in [0.1, 0.15) is 36.0 Å². The fraction of sp³-hybridized carbons (Fsp3) is 0.571. The molecule has 4 rings (SSSR count). The van der Waals surface area contributed by atoms with Gasteiger partial charge in [0.2, 0.25) is 0 Å². The molecule has 10 heteroatoms. The Morgan fingerprint density at radius 2 is 1.94 bits per heavy atom. The molecule has 0 atom stereocenters. The van der Waals surface area contributed by atoms with Gasteiger partial charge in [0.25, 0.3) is 5.91 Å². The zero-order chi connectivity index (χ0) is 20.8. The lowest BCUT2D eigenvalue weighted by molar-refractivity contribution is 0.0657. The molecule has 2 saturated heterocycles. The summed E-state index contributed by atoms with van der Waals surface area (Å²) in [7, 11) is 0. The summed E-state index contributed by atoms with van der Waals surface area (Å²) in [5.41, 5.74) is 1.12. The van der Waals surface area contributed by atoms with Gasteiger partial charge in [-0.3, -0.25) is 9.79 Å². The van der Waals surface area contributed by atoms with E-state index in [1.807, 2.05) is 4.90 Å². The van der Waals surface area contributed by atoms with Gasteiger partial charge in [0, 0.05) is 64.2 Å². The number of thiazole rings is 1. The van der Waals surface area contributed by atoms with E-state index in [-0.39, 0.29) is 29.9 Å². The number of amides is 1. The van der Waals surface area contributed by atoms with Crippen molar-refractivity contribution in [2.24, 2.45) is 4.99 Å². The van der Waals surface area contributed by atoms with Crippen LogP contribution in [0.15, 0.2) is 33.2 Å². The molecule has 0 unspecified atom stereocenters. The summed E-state index contributed by atoms with van der Waals surface area (Å²) in [5.74, 6) is 1.28. The number of carbonyl (C=O) groups is 1. The van der Waals surface area contributed by atoms with Gasteiger partial charge >= 0.3 is 0 Å². The Balaban J connectivity index is 0.00000272. The van der Waals surface area contributed by atoms with E-state index in [0.29, 0.717) is 25.4 Å². The zero-order valence-electron chi connectivity index (χ0n) is 18.0. The molecule has 2 aromatic heterocycles. The van der Waals surface area contributed by atoms with Crippen molar-refractivity contribution in [2.75, 3.05) is 57.3 Å². The maximum absolute atomic E-state index is 12.4. The third-order valence-electron chi connectivity index (χ3n) is 5.48. The summed E-state index contributed by atoms with van der Waals surface area (Å²) in [6.07, 6.45) is 4.92. The molecule has 0 aliphatic carbocycles. The van der Waals surface area contributed by atoms with Gasteiger partial charge in [-0.1, -0.05) is 0 Å². The first-order chi connectivity index (χ1) is 14.7. The van der Waals surface area contributed by atoms with Crippen LogP contribution in [0.4, 0.5) is 5.13 Å². The molecule has 0 radical (unpaired) electrons. The zero-order valence-corrected chi connectivity index (χ0v) is 21.1. The normalized spacial score (nSPS) is 17.1. The molecular weight excluding hydrogens is 527 g/mol. The van der Waals surface area contributed by atoms with Crippen molar-refractivity contribution >= 4 is 52.3 Å². The average molecular weight is 558 g/mol. The fourth-order valence-electron chi connectivity index (χ4n) is 3.84. The predicted octanol–water partition coefficient (Wildman–Crippen LogP) is 2.92. The van der Waals surface area contributed by atoms with Gasteiger partial charge in [-0.05, 0) is 31.9 Å². The summed E-state index contributed by atoms with van der Waals surface area (Å²) in [6, 6.07) is 3.46. The number of halogens is 1. The fourth-order valence-corrected chi connectivity index (χ4v) is 4.76. The molecular formula is C21H31IN6O2S. The van der Waals surface area contributed by atoms with Crippen molar-refractivity contribution in [2.45, 2.75) is 26.2 Å². The lowest BCUT2D eigenvalue weighted by Crippen LogP contribution is -2.53. The molecule has 0 spiro atoms. The van der Waals surface area contributed by atoms with E-state index in [2.05, 4.69) is 27.4 Å². The van der Waals surface area contributed by atoms with E-state index in [9.17, 15) is 4.79 Å². The summed E-state index contributed by atoms with van der Waals surface area (Å²) in [6.45, 7) is 8.70.